The van der Waals surface area contributed by atoms with Crippen LogP contribution in [-0.4, -0.2) is 67.0 Å². The maximum absolute atomic E-state index is 13.7. The molecule has 36 heavy (non-hydrogen) atoms. The van der Waals surface area contributed by atoms with Crippen LogP contribution in [0.3, 0.4) is 0 Å². The van der Waals surface area contributed by atoms with Crippen LogP contribution in [0.4, 0.5) is 10.8 Å². The van der Waals surface area contributed by atoms with E-state index < -0.39 is 0 Å². The Bertz CT molecular complexity index is 1290. The van der Waals surface area contributed by atoms with Gasteiger partial charge in [-0.2, -0.15) is 0 Å². The van der Waals surface area contributed by atoms with Gasteiger partial charge in [-0.1, -0.05) is 22.9 Å². The van der Waals surface area contributed by atoms with Gasteiger partial charge in [0.25, 0.3) is 5.91 Å². The summed E-state index contributed by atoms with van der Waals surface area (Å²) >= 11 is 7.78. The standard InChI is InChI=1S/C26H27ClN4O4S/c1-17-20(27)7-8-21-24(17)28-26(36-21)30(12-2-11-29-13-15-35-16-14-29)25(34)18-3-5-19(6-4-18)31-22(32)9-10-23(31)33/h3-8H,2,9-16H2,1H3. The van der Waals surface area contributed by atoms with Gasteiger partial charge in [-0.05, 0) is 55.3 Å². The van der Waals surface area contributed by atoms with Crippen molar-refractivity contribution >= 4 is 61.7 Å². The van der Waals surface area contributed by atoms with Crippen LogP contribution in [0, 0.1) is 6.92 Å². The number of aryl methyl sites for hydroxylation is 1. The molecule has 0 atom stereocenters. The molecule has 0 saturated carbocycles. The number of carbonyl (C=O) groups is 3. The van der Waals surface area contributed by atoms with E-state index in [2.05, 4.69) is 4.90 Å². The average molecular weight is 527 g/mol. The number of benzene rings is 2. The number of carbonyl (C=O) groups excluding carboxylic acids is 3. The number of ether oxygens (including phenoxy) is 1. The Morgan fingerprint density at radius 1 is 1.08 bits per heavy atom. The molecule has 1 aromatic heterocycles. The molecule has 0 N–H and O–H groups in total. The highest BCUT2D eigenvalue weighted by atomic mass is 35.5. The van der Waals surface area contributed by atoms with Gasteiger partial charge in [-0.3, -0.25) is 29.1 Å². The zero-order valence-corrected chi connectivity index (χ0v) is 21.6. The lowest BCUT2D eigenvalue weighted by Crippen LogP contribution is -2.39. The van der Waals surface area contributed by atoms with Crippen molar-refractivity contribution in [2.24, 2.45) is 0 Å². The predicted octanol–water partition coefficient (Wildman–Crippen LogP) is 4.28. The molecule has 0 radical (unpaired) electrons. The maximum Gasteiger partial charge on any atom is 0.260 e. The number of imide groups is 1. The van der Waals surface area contributed by atoms with Gasteiger partial charge in [0, 0.05) is 49.6 Å². The number of anilines is 2. The van der Waals surface area contributed by atoms with Crippen molar-refractivity contribution in [1.29, 1.82) is 0 Å². The number of nitrogens with zero attached hydrogens (tertiary/aromatic N) is 4. The molecule has 0 unspecified atom stereocenters. The third kappa shape index (κ3) is 5.01. The lowest BCUT2D eigenvalue weighted by atomic mass is 10.1. The fraction of sp³-hybridized carbons (Fsp3) is 0.385. The molecule has 2 fully saturated rings. The van der Waals surface area contributed by atoms with Gasteiger partial charge in [0.1, 0.15) is 0 Å². The van der Waals surface area contributed by atoms with Crippen LogP contribution in [0.2, 0.25) is 5.02 Å². The summed E-state index contributed by atoms with van der Waals surface area (Å²) in [5.41, 5.74) is 2.65. The van der Waals surface area contributed by atoms with Crippen LogP contribution in [0.5, 0.6) is 0 Å². The Morgan fingerprint density at radius 2 is 1.78 bits per heavy atom. The first kappa shape index (κ1) is 24.8. The number of halogens is 1. The van der Waals surface area contributed by atoms with E-state index >= 15 is 0 Å². The molecule has 0 spiro atoms. The Hall–Kier alpha value is -2.85. The Morgan fingerprint density at radius 3 is 2.47 bits per heavy atom. The van der Waals surface area contributed by atoms with E-state index in [0.29, 0.717) is 27.9 Å². The first-order valence-corrected chi connectivity index (χ1v) is 13.3. The molecule has 0 aliphatic carbocycles. The number of morpholine rings is 1. The zero-order chi connectivity index (χ0) is 25.2. The van der Waals surface area contributed by atoms with Gasteiger partial charge in [-0.15, -0.1) is 0 Å². The Balaban J connectivity index is 1.40. The minimum Gasteiger partial charge on any atom is -0.379 e. The van der Waals surface area contributed by atoms with Crippen molar-refractivity contribution in [3.63, 3.8) is 0 Å². The van der Waals surface area contributed by atoms with Gasteiger partial charge in [0.05, 0.1) is 29.1 Å². The quantitative estimate of drug-likeness (QED) is 0.427. The molecule has 5 rings (SSSR count). The number of hydrogen-bond acceptors (Lipinski definition) is 7. The van der Waals surface area contributed by atoms with Gasteiger partial charge in [0.2, 0.25) is 11.8 Å². The van der Waals surface area contributed by atoms with Crippen molar-refractivity contribution in [2.45, 2.75) is 26.2 Å². The van der Waals surface area contributed by atoms with Crippen molar-refractivity contribution < 1.29 is 19.1 Å². The second kappa shape index (κ2) is 10.6. The molecule has 0 bridgehead atoms. The number of hydrogen-bond donors (Lipinski definition) is 0. The second-order valence-corrected chi connectivity index (χ2v) is 10.4. The van der Waals surface area contributed by atoms with Gasteiger partial charge < -0.3 is 4.74 Å². The van der Waals surface area contributed by atoms with Crippen LogP contribution in [-0.2, 0) is 14.3 Å². The van der Waals surface area contributed by atoms with E-state index in [-0.39, 0.29) is 30.6 Å². The maximum atomic E-state index is 13.7. The van der Waals surface area contributed by atoms with E-state index in [0.717, 1.165) is 55.0 Å². The van der Waals surface area contributed by atoms with Crippen LogP contribution in [0.15, 0.2) is 36.4 Å². The average Bonchev–Trinajstić information content (AvgIpc) is 3.47. The summed E-state index contributed by atoms with van der Waals surface area (Å²) in [5, 5.41) is 1.27. The summed E-state index contributed by atoms with van der Waals surface area (Å²) in [6.07, 6.45) is 1.23. The molecule has 2 aliphatic heterocycles. The Kier molecular flexibility index (Phi) is 7.34. The zero-order valence-electron chi connectivity index (χ0n) is 20.0. The fourth-order valence-corrected chi connectivity index (χ4v) is 5.74. The van der Waals surface area contributed by atoms with E-state index in [9.17, 15) is 14.4 Å². The largest absolute Gasteiger partial charge is 0.379 e. The number of amides is 3. The Labute approximate surface area is 218 Å². The predicted molar refractivity (Wildman–Crippen MR) is 141 cm³/mol. The van der Waals surface area contributed by atoms with Crippen molar-refractivity contribution in [1.82, 2.24) is 9.88 Å². The summed E-state index contributed by atoms with van der Waals surface area (Å²) in [6, 6.07) is 10.4. The van der Waals surface area contributed by atoms with Crippen molar-refractivity contribution in [3.8, 4) is 0 Å². The van der Waals surface area contributed by atoms with Gasteiger partial charge >= 0.3 is 0 Å². The minimum absolute atomic E-state index is 0.176. The lowest BCUT2D eigenvalue weighted by Gasteiger charge is -2.27. The first-order chi connectivity index (χ1) is 17.4. The normalized spacial score (nSPS) is 16.8. The molecule has 10 heteroatoms. The fourth-order valence-electron chi connectivity index (χ4n) is 4.54. The van der Waals surface area contributed by atoms with Crippen LogP contribution in [0.1, 0.15) is 35.2 Å². The summed E-state index contributed by atoms with van der Waals surface area (Å²) < 4.78 is 6.41. The number of aromatic nitrogens is 1. The number of rotatable bonds is 7. The minimum atomic E-state index is -0.215. The number of fused-ring (bicyclic) bond motifs is 1. The third-order valence-electron chi connectivity index (χ3n) is 6.60. The van der Waals surface area contributed by atoms with E-state index in [1.54, 1.807) is 29.2 Å². The summed E-state index contributed by atoms with van der Waals surface area (Å²) in [5.74, 6) is -0.606. The molecule has 8 nitrogen and oxygen atoms in total. The molecule has 3 aromatic rings. The first-order valence-electron chi connectivity index (χ1n) is 12.1. The second-order valence-electron chi connectivity index (χ2n) is 8.95. The summed E-state index contributed by atoms with van der Waals surface area (Å²) in [4.78, 5) is 47.9. The summed E-state index contributed by atoms with van der Waals surface area (Å²) in [7, 11) is 0. The van der Waals surface area contributed by atoms with Gasteiger partial charge in [-0.25, -0.2) is 4.98 Å². The highest BCUT2D eigenvalue weighted by Gasteiger charge is 2.30. The SMILES string of the molecule is Cc1c(Cl)ccc2sc(N(CCCN3CCOCC3)C(=O)c3ccc(N4C(=O)CCC4=O)cc3)nc12. The van der Waals surface area contributed by atoms with Crippen molar-refractivity contribution in [3.05, 3.63) is 52.5 Å². The third-order valence-corrected chi connectivity index (χ3v) is 8.05. The van der Waals surface area contributed by atoms with Crippen LogP contribution in [0.25, 0.3) is 10.2 Å². The molecule has 188 valence electrons. The molecular weight excluding hydrogens is 500 g/mol. The van der Waals surface area contributed by atoms with E-state index in [4.69, 9.17) is 21.3 Å². The highest BCUT2D eigenvalue weighted by Crippen LogP contribution is 2.34. The molecule has 2 aromatic carbocycles. The topological polar surface area (TPSA) is 83.0 Å². The lowest BCUT2D eigenvalue weighted by molar-refractivity contribution is -0.121. The van der Waals surface area contributed by atoms with E-state index in [1.807, 2.05) is 19.1 Å². The number of thiazole rings is 1. The van der Waals surface area contributed by atoms with Crippen molar-refractivity contribution in [2.75, 3.05) is 49.2 Å². The van der Waals surface area contributed by atoms with E-state index in [1.165, 1.54) is 16.2 Å². The highest BCUT2D eigenvalue weighted by molar-refractivity contribution is 7.22. The molecule has 2 aliphatic rings. The van der Waals surface area contributed by atoms with Crippen LogP contribution < -0.4 is 9.80 Å². The summed E-state index contributed by atoms with van der Waals surface area (Å²) in [6.45, 7) is 6.54. The van der Waals surface area contributed by atoms with Gasteiger partial charge in [0.15, 0.2) is 5.13 Å². The molecule has 3 amide bonds. The molecule has 3 heterocycles. The monoisotopic (exact) mass is 526 g/mol. The molecular formula is C26H27ClN4O4S. The molecule has 2 saturated heterocycles. The van der Waals surface area contributed by atoms with Crippen LogP contribution >= 0.6 is 22.9 Å². The smallest absolute Gasteiger partial charge is 0.260 e.